The van der Waals surface area contributed by atoms with Gasteiger partial charge in [0.05, 0.1) is 24.3 Å². The number of amides is 2. The Hall–Kier alpha value is -2.54. The van der Waals surface area contributed by atoms with E-state index in [1.165, 1.54) is 12.3 Å². The standard InChI is InChI=1S/C22H32N4O6S2/c1-13(2)10-16(24-21(30)17-12-33-22(25-17)26-34(4,31)32)19(28)18(27)14(3)20(29)23-11-15-8-6-5-7-9-15/h5-9,12-14,16,18-19,27-28H,10-11H2,1-4H3,(H,23,29)(H,24,30)(H,25,26)/t14-,16+,18-,19-/m1/s1. The molecule has 4 atom stereocenters. The molecule has 0 aliphatic rings. The van der Waals surface area contributed by atoms with Crippen LogP contribution in [0.15, 0.2) is 35.7 Å². The van der Waals surface area contributed by atoms with E-state index in [4.69, 9.17) is 0 Å². The maximum absolute atomic E-state index is 12.7. The third-order valence-corrected chi connectivity index (χ3v) is 6.50. The van der Waals surface area contributed by atoms with E-state index in [2.05, 4.69) is 20.3 Å². The SMILES string of the molecule is CC(C)C[C@H](NC(=O)c1csc(NS(C)(=O)=O)n1)[C@@H](O)[C@H](O)[C@@H](C)C(=O)NCc1ccccc1. The van der Waals surface area contributed by atoms with E-state index in [-0.39, 0.29) is 23.3 Å². The van der Waals surface area contributed by atoms with Crippen LogP contribution in [-0.4, -0.2) is 59.9 Å². The second kappa shape index (κ2) is 12.2. The molecule has 0 unspecified atom stereocenters. The second-order valence-corrected chi connectivity index (χ2v) is 11.2. The lowest BCUT2D eigenvalue weighted by molar-refractivity contribution is -0.132. The highest BCUT2D eigenvalue weighted by atomic mass is 32.2. The van der Waals surface area contributed by atoms with Crippen molar-refractivity contribution in [1.82, 2.24) is 15.6 Å². The van der Waals surface area contributed by atoms with Crippen molar-refractivity contribution < 1.29 is 28.2 Å². The molecule has 0 bridgehead atoms. The minimum atomic E-state index is -3.54. The molecular formula is C22H32N4O6S2. The van der Waals surface area contributed by atoms with Crippen LogP contribution in [0, 0.1) is 11.8 Å². The molecule has 34 heavy (non-hydrogen) atoms. The summed E-state index contributed by atoms with van der Waals surface area (Å²) in [6, 6.07) is 8.43. The van der Waals surface area contributed by atoms with Crippen molar-refractivity contribution in [2.75, 3.05) is 11.0 Å². The molecular weight excluding hydrogens is 480 g/mol. The number of aromatic nitrogens is 1. The summed E-state index contributed by atoms with van der Waals surface area (Å²) in [6.07, 6.45) is -1.54. The maximum Gasteiger partial charge on any atom is 0.271 e. The Labute approximate surface area is 203 Å². The van der Waals surface area contributed by atoms with E-state index < -0.39 is 46.0 Å². The number of aliphatic hydroxyl groups is 2. The fourth-order valence-electron chi connectivity index (χ4n) is 3.25. The fraction of sp³-hybridized carbons (Fsp3) is 0.500. The van der Waals surface area contributed by atoms with Gasteiger partial charge in [-0.15, -0.1) is 11.3 Å². The first-order chi connectivity index (χ1) is 15.9. The van der Waals surface area contributed by atoms with Gasteiger partial charge >= 0.3 is 0 Å². The van der Waals surface area contributed by atoms with Gasteiger partial charge in [0.15, 0.2) is 5.13 Å². The molecule has 0 saturated carbocycles. The number of aliphatic hydroxyl groups excluding tert-OH is 2. The summed E-state index contributed by atoms with van der Waals surface area (Å²) in [6.45, 7) is 5.58. The Morgan fingerprint density at radius 3 is 2.32 bits per heavy atom. The molecule has 0 saturated heterocycles. The Morgan fingerprint density at radius 1 is 1.09 bits per heavy atom. The van der Waals surface area contributed by atoms with Crippen LogP contribution in [0.3, 0.4) is 0 Å². The highest BCUT2D eigenvalue weighted by Crippen LogP contribution is 2.19. The molecule has 12 heteroatoms. The highest BCUT2D eigenvalue weighted by Gasteiger charge is 2.35. The quantitative estimate of drug-likeness (QED) is 0.287. The van der Waals surface area contributed by atoms with Gasteiger partial charge in [0, 0.05) is 11.9 Å². The highest BCUT2D eigenvalue weighted by molar-refractivity contribution is 7.92. The zero-order chi connectivity index (χ0) is 25.5. The Morgan fingerprint density at radius 2 is 1.74 bits per heavy atom. The van der Waals surface area contributed by atoms with Crippen molar-refractivity contribution in [3.8, 4) is 0 Å². The summed E-state index contributed by atoms with van der Waals surface area (Å²) < 4.78 is 24.9. The Kier molecular flexibility index (Phi) is 9.98. The van der Waals surface area contributed by atoms with E-state index in [1.807, 2.05) is 44.2 Å². The molecule has 0 aliphatic heterocycles. The summed E-state index contributed by atoms with van der Waals surface area (Å²) in [4.78, 5) is 29.2. The number of thiazole rings is 1. The predicted molar refractivity (Wildman–Crippen MR) is 131 cm³/mol. The summed E-state index contributed by atoms with van der Waals surface area (Å²) in [5.41, 5.74) is 0.872. The van der Waals surface area contributed by atoms with Crippen LogP contribution in [-0.2, 0) is 21.4 Å². The second-order valence-electron chi connectivity index (χ2n) is 8.59. The number of hydrogen-bond donors (Lipinski definition) is 5. The minimum Gasteiger partial charge on any atom is -0.390 e. The molecule has 188 valence electrons. The largest absolute Gasteiger partial charge is 0.390 e. The third-order valence-electron chi connectivity index (χ3n) is 5.05. The van der Waals surface area contributed by atoms with Crippen molar-refractivity contribution in [1.29, 1.82) is 0 Å². The number of carbonyl (C=O) groups excluding carboxylic acids is 2. The van der Waals surface area contributed by atoms with Crippen LogP contribution in [0.5, 0.6) is 0 Å². The summed E-state index contributed by atoms with van der Waals surface area (Å²) in [5.74, 6) is -1.93. The van der Waals surface area contributed by atoms with Crippen molar-refractivity contribution in [3.63, 3.8) is 0 Å². The number of rotatable bonds is 12. The molecule has 2 rings (SSSR count). The summed E-state index contributed by atoms with van der Waals surface area (Å²) in [7, 11) is -3.54. The number of sulfonamides is 1. The van der Waals surface area contributed by atoms with E-state index in [1.54, 1.807) is 0 Å². The molecule has 10 nitrogen and oxygen atoms in total. The number of nitrogens with one attached hydrogen (secondary N) is 3. The van der Waals surface area contributed by atoms with Crippen molar-refractivity contribution in [2.24, 2.45) is 11.8 Å². The third kappa shape index (κ3) is 8.67. The molecule has 1 heterocycles. The Balaban J connectivity index is 2.04. The number of hydrogen-bond acceptors (Lipinski definition) is 8. The van der Waals surface area contributed by atoms with E-state index in [0.717, 1.165) is 23.2 Å². The van der Waals surface area contributed by atoms with Gasteiger partial charge in [0.25, 0.3) is 5.91 Å². The van der Waals surface area contributed by atoms with Gasteiger partial charge in [0.2, 0.25) is 15.9 Å². The Bertz CT molecular complexity index is 1060. The van der Waals surface area contributed by atoms with Crippen LogP contribution in [0.25, 0.3) is 0 Å². The molecule has 2 aromatic rings. The van der Waals surface area contributed by atoms with Crippen molar-refractivity contribution >= 4 is 38.3 Å². The molecule has 5 N–H and O–H groups in total. The number of anilines is 1. The number of nitrogens with zero attached hydrogens (tertiary/aromatic N) is 1. The zero-order valence-corrected chi connectivity index (χ0v) is 21.2. The van der Waals surface area contributed by atoms with Gasteiger partial charge in [-0.3, -0.25) is 14.3 Å². The molecule has 1 aromatic carbocycles. The summed E-state index contributed by atoms with van der Waals surface area (Å²) in [5, 5.41) is 28.4. The fourth-order valence-corrected chi connectivity index (χ4v) is 4.80. The average molecular weight is 513 g/mol. The van der Waals surface area contributed by atoms with Gasteiger partial charge in [-0.05, 0) is 17.9 Å². The number of benzene rings is 1. The van der Waals surface area contributed by atoms with Crippen LogP contribution in [0.1, 0.15) is 43.2 Å². The molecule has 0 radical (unpaired) electrons. The van der Waals surface area contributed by atoms with Crippen LogP contribution in [0.4, 0.5) is 5.13 Å². The van der Waals surface area contributed by atoms with E-state index in [9.17, 15) is 28.2 Å². The molecule has 0 fully saturated rings. The molecule has 2 amide bonds. The normalized spacial score (nSPS) is 15.3. The topological polar surface area (TPSA) is 158 Å². The van der Waals surface area contributed by atoms with Gasteiger partial charge in [0.1, 0.15) is 11.8 Å². The van der Waals surface area contributed by atoms with Crippen molar-refractivity contribution in [3.05, 3.63) is 47.0 Å². The molecule has 1 aromatic heterocycles. The predicted octanol–water partition coefficient (Wildman–Crippen LogP) is 1.33. The number of carbonyl (C=O) groups is 2. The van der Waals surface area contributed by atoms with Crippen molar-refractivity contribution in [2.45, 2.75) is 52.0 Å². The van der Waals surface area contributed by atoms with E-state index >= 15 is 0 Å². The minimum absolute atomic E-state index is 0.0275. The average Bonchev–Trinajstić information content (AvgIpc) is 3.22. The van der Waals surface area contributed by atoms with Crippen LogP contribution < -0.4 is 15.4 Å². The zero-order valence-electron chi connectivity index (χ0n) is 19.6. The first kappa shape index (κ1) is 27.7. The van der Waals surface area contributed by atoms with Gasteiger partial charge in [-0.2, -0.15) is 0 Å². The molecule has 0 spiro atoms. The van der Waals surface area contributed by atoms with E-state index in [0.29, 0.717) is 6.42 Å². The maximum atomic E-state index is 12.7. The smallest absolute Gasteiger partial charge is 0.271 e. The van der Waals surface area contributed by atoms with Gasteiger partial charge in [-0.1, -0.05) is 51.1 Å². The lowest BCUT2D eigenvalue weighted by Crippen LogP contribution is -2.53. The van der Waals surface area contributed by atoms with Gasteiger partial charge < -0.3 is 20.8 Å². The van der Waals surface area contributed by atoms with Gasteiger partial charge in [-0.25, -0.2) is 13.4 Å². The first-order valence-corrected chi connectivity index (χ1v) is 13.6. The van der Waals surface area contributed by atoms with Crippen LogP contribution in [0.2, 0.25) is 0 Å². The van der Waals surface area contributed by atoms with Crippen LogP contribution >= 0.6 is 11.3 Å². The lowest BCUT2D eigenvalue weighted by Gasteiger charge is -2.31. The molecule has 0 aliphatic carbocycles. The lowest BCUT2D eigenvalue weighted by atomic mass is 9.90. The monoisotopic (exact) mass is 512 g/mol. The first-order valence-electron chi connectivity index (χ1n) is 10.8. The summed E-state index contributed by atoms with van der Waals surface area (Å²) >= 11 is 0.946.